The predicted octanol–water partition coefficient (Wildman–Crippen LogP) is 2.86. The lowest BCUT2D eigenvalue weighted by molar-refractivity contribution is -0.221. The van der Waals surface area contributed by atoms with Gasteiger partial charge in [-0.3, -0.25) is 0 Å². The van der Waals surface area contributed by atoms with E-state index in [-0.39, 0.29) is 0 Å². The van der Waals surface area contributed by atoms with Crippen LogP contribution in [0.4, 0.5) is 26.3 Å². The van der Waals surface area contributed by atoms with Crippen molar-refractivity contribution in [2.24, 2.45) is 0 Å². The van der Waals surface area contributed by atoms with E-state index in [4.69, 9.17) is 4.89 Å². The molecule has 1 atom stereocenters. The molecule has 0 saturated heterocycles. The number of hydrogen-bond donors (Lipinski definition) is 1. The van der Waals surface area contributed by atoms with E-state index in [2.05, 4.69) is 9.26 Å². The van der Waals surface area contributed by atoms with Crippen LogP contribution >= 0.6 is 8.25 Å². The molecule has 0 aliphatic carbocycles. The van der Waals surface area contributed by atoms with E-state index in [0.717, 1.165) is 6.92 Å². The molecule has 118 valence electrons. The van der Waals surface area contributed by atoms with Gasteiger partial charge in [0.2, 0.25) is 5.60 Å². The minimum Gasteiger partial charge on any atom is -0.464 e. The number of halogens is 6. The molecule has 1 unspecified atom stereocenters. The van der Waals surface area contributed by atoms with Crippen molar-refractivity contribution in [3.05, 3.63) is 0 Å². The van der Waals surface area contributed by atoms with Gasteiger partial charge in [-0.25, -0.2) is 4.79 Å². The molecule has 0 bridgehead atoms. The minimum absolute atomic E-state index is 0.526. The monoisotopic (exact) mass is 331 g/mol. The summed E-state index contributed by atoms with van der Waals surface area (Å²) >= 11 is 0. The maximum atomic E-state index is 12.3. The largest absolute Gasteiger partial charge is 0.695 e. The zero-order valence-electron chi connectivity index (χ0n) is 9.92. The second kappa shape index (κ2) is 6.68. The Kier molecular flexibility index (Phi) is 6.37. The van der Waals surface area contributed by atoms with Crippen LogP contribution in [0.25, 0.3) is 0 Å². The number of alkyl halides is 6. The van der Waals surface area contributed by atoms with Gasteiger partial charge in [-0.2, -0.15) is 26.3 Å². The van der Waals surface area contributed by atoms with Crippen molar-refractivity contribution in [3.63, 3.8) is 0 Å². The highest BCUT2D eigenvalue weighted by molar-refractivity contribution is 7.32. The molecule has 0 aliphatic rings. The van der Waals surface area contributed by atoms with Crippen LogP contribution in [0, 0.1) is 0 Å². The molecule has 0 radical (unpaired) electrons. The van der Waals surface area contributed by atoms with E-state index in [1.165, 1.54) is 0 Å². The molecule has 0 aromatic carbocycles. The van der Waals surface area contributed by atoms with Crippen molar-refractivity contribution in [1.29, 1.82) is 0 Å². The van der Waals surface area contributed by atoms with Crippen LogP contribution in [0.15, 0.2) is 0 Å². The number of carbonyl (C=O) groups is 1. The summed E-state index contributed by atoms with van der Waals surface area (Å²) in [5.74, 6) is -2.01. The van der Waals surface area contributed by atoms with Gasteiger partial charge in [-0.15, -0.1) is 4.89 Å². The fourth-order valence-corrected chi connectivity index (χ4v) is 1.87. The van der Waals surface area contributed by atoms with Gasteiger partial charge in [0.1, 0.15) is 0 Å². The average Bonchev–Trinajstić information content (AvgIpc) is 2.10. The first-order chi connectivity index (χ1) is 8.81. The molecule has 0 spiro atoms. The molecule has 0 heterocycles. The van der Waals surface area contributed by atoms with Gasteiger partial charge in [0.15, 0.2) is 0 Å². The van der Waals surface area contributed by atoms with E-state index in [0.29, 0.717) is 0 Å². The molecule has 0 aromatic heterocycles. The average molecular weight is 331 g/mol. The van der Waals surface area contributed by atoms with Gasteiger partial charge in [0, 0.05) is 4.57 Å². The van der Waals surface area contributed by atoms with Crippen molar-refractivity contribution in [1.82, 2.24) is 0 Å². The maximum absolute atomic E-state index is 12.3. The SMILES string of the molecule is CCOC(=O)C(CC(F)(F)F)(CC(F)(F)F)O[P+](=O)O. The molecule has 12 heteroatoms. The zero-order valence-corrected chi connectivity index (χ0v) is 10.8. The maximum Gasteiger partial charge on any atom is 0.695 e. The molecule has 20 heavy (non-hydrogen) atoms. The van der Waals surface area contributed by atoms with Crippen LogP contribution in [0.5, 0.6) is 0 Å². The highest BCUT2D eigenvalue weighted by atomic mass is 31.1. The van der Waals surface area contributed by atoms with Crippen LogP contribution < -0.4 is 0 Å². The van der Waals surface area contributed by atoms with Gasteiger partial charge in [0.25, 0.3) is 0 Å². The Morgan fingerprint density at radius 2 is 1.50 bits per heavy atom. The first-order valence-corrected chi connectivity index (χ1v) is 6.10. The van der Waals surface area contributed by atoms with Gasteiger partial charge in [0.05, 0.1) is 19.4 Å². The topological polar surface area (TPSA) is 72.8 Å². The highest BCUT2D eigenvalue weighted by Gasteiger charge is 2.60. The second-order valence-corrected chi connectivity index (χ2v) is 4.29. The molecule has 0 aromatic rings. The third-order valence-electron chi connectivity index (χ3n) is 1.87. The van der Waals surface area contributed by atoms with Crippen molar-refractivity contribution in [3.8, 4) is 0 Å². The Morgan fingerprint density at radius 1 is 1.10 bits per heavy atom. The van der Waals surface area contributed by atoms with E-state index in [9.17, 15) is 35.7 Å². The Labute approximate surface area is 109 Å². The summed E-state index contributed by atoms with van der Waals surface area (Å²) in [5, 5.41) is 0. The summed E-state index contributed by atoms with van der Waals surface area (Å²) in [5.41, 5.74) is -3.64. The summed E-state index contributed by atoms with van der Waals surface area (Å²) in [6.07, 6.45) is -15.3. The predicted molar refractivity (Wildman–Crippen MR) is 51.6 cm³/mol. The van der Waals surface area contributed by atoms with Crippen molar-refractivity contribution in [2.75, 3.05) is 6.61 Å². The first kappa shape index (κ1) is 19.1. The summed E-state index contributed by atoms with van der Waals surface area (Å²) in [4.78, 5) is 19.8. The molecule has 1 N–H and O–H groups in total. The summed E-state index contributed by atoms with van der Waals surface area (Å²) in [6, 6.07) is 0. The van der Waals surface area contributed by atoms with Crippen molar-refractivity contribution in [2.45, 2.75) is 37.7 Å². The highest BCUT2D eigenvalue weighted by Crippen LogP contribution is 2.43. The quantitative estimate of drug-likeness (QED) is 0.460. The van der Waals surface area contributed by atoms with Crippen molar-refractivity contribution < 1.29 is 49.9 Å². The van der Waals surface area contributed by atoms with Crippen LogP contribution in [0.3, 0.4) is 0 Å². The third kappa shape index (κ3) is 7.01. The third-order valence-corrected chi connectivity index (χ3v) is 2.38. The molecule has 0 saturated carbocycles. The molecular weight excluding hydrogens is 321 g/mol. The second-order valence-electron chi connectivity index (χ2n) is 3.63. The molecule has 0 rings (SSSR count). The minimum atomic E-state index is -5.25. The van der Waals surface area contributed by atoms with Crippen LogP contribution in [-0.4, -0.2) is 35.4 Å². The summed E-state index contributed by atoms with van der Waals surface area (Å²) < 4.78 is 92.4. The number of carbonyl (C=O) groups excluding carboxylic acids is 1. The van der Waals surface area contributed by atoms with Gasteiger partial charge >= 0.3 is 26.6 Å². The van der Waals surface area contributed by atoms with E-state index in [1.54, 1.807) is 0 Å². The normalized spacial score (nSPS) is 14.1. The molecule has 0 fully saturated rings. The van der Waals surface area contributed by atoms with E-state index >= 15 is 0 Å². The molecule has 0 amide bonds. The number of rotatable bonds is 6. The summed E-state index contributed by atoms with van der Waals surface area (Å²) in [7, 11) is -3.89. The number of ether oxygens (including phenoxy) is 1. The lowest BCUT2D eigenvalue weighted by Crippen LogP contribution is -2.48. The van der Waals surface area contributed by atoms with Crippen LogP contribution in [0.2, 0.25) is 0 Å². The molecular formula is C8H10F6O5P+. The van der Waals surface area contributed by atoms with Gasteiger partial charge < -0.3 is 4.74 Å². The molecule has 0 aliphatic heterocycles. The van der Waals surface area contributed by atoms with Gasteiger partial charge in [-0.1, -0.05) is 4.52 Å². The lowest BCUT2D eigenvalue weighted by Gasteiger charge is -2.27. The first-order valence-electron chi connectivity index (χ1n) is 4.97. The smallest absolute Gasteiger partial charge is 0.464 e. The lowest BCUT2D eigenvalue weighted by atomic mass is 9.95. The Morgan fingerprint density at radius 3 is 1.75 bits per heavy atom. The number of hydrogen-bond acceptors (Lipinski definition) is 4. The fourth-order valence-electron chi connectivity index (χ4n) is 1.37. The van der Waals surface area contributed by atoms with Crippen molar-refractivity contribution >= 4 is 14.2 Å². The fraction of sp³-hybridized carbons (Fsp3) is 0.875. The number of esters is 1. The summed E-state index contributed by atoms with van der Waals surface area (Å²) in [6.45, 7) is 0.616. The Balaban J connectivity index is 5.62. The van der Waals surface area contributed by atoms with Crippen LogP contribution in [-0.2, 0) is 18.6 Å². The Bertz CT molecular complexity index is 349. The van der Waals surface area contributed by atoms with Crippen LogP contribution in [0.1, 0.15) is 19.8 Å². The standard InChI is InChI=1S/C8H9F6O5P/c1-2-18-5(15)6(19-20(16)17,3-7(9,10)11)4-8(12,13)14/h2-4H2,1H3/p+1. The molecule has 5 nitrogen and oxygen atoms in total. The van der Waals surface area contributed by atoms with E-state index in [1.807, 2.05) is 0 Å². The van der Waals surface area contributed by atoms with E-state index < -0.39 is 51.6 Å². The van der Waals surface area contributed by atoms with Gasteiger partial charge in [-0.05, 0) is 6.92 Å². The zero-order chi connectivity index (χ0) is 16.2. The Hall–Kier alpha value is -0.930.